The largest absolute Gasteiger partial charge is 0.446 e. The first-order valence-corrected chi connectivity index (χ1v) is 8.77. The van der Waals surface area contributed by atoms with Gasteiger partial charge in [0, 0.05) is 6.04 Å². The molecule has 0 aliphatic heterocycles. The van der Waals surface area contributed by atoms with Crippen LogP contribution >= 0.6 is 0 Å². The lowest BCUT2D eigenvalue weighted by Crippen LogP contribution is -2.40. The molecule has 20 heavy (non-hydrogen) atoms. The summed E-state index contributed by atoms with van der Waals surface area (Å²) in [7, 11) is -3.64. The van der Waals surface area contributed by atoms with Crippen molar-refractivity contribution in [3.8, 4) is 0 Å². The summed E-state index contributed by atoms with van der Waals surface area (Å²) in [4.78, 5) is 0. The van der Waals surface area contributed by atoms with Gasteiger partial charge in [0.15, 0.2) is 0 Å². The van der Waals surface area contributed by atoms with E-state index in [1.165, 1.54) is 31.4 Å². The number of rotatable bonds is 6. The minimum absolute atomic E-state index is 0.0389. The number of aliphatic hydroxyl groups is 1. The number of sulfonamides is 1. The molecule has 1 atom stereocenters. The van der Waals surface area contributed by atoms with E-state index in [-0.39, 0.29) is 23.5 Å². The Labute approximate surface area is 120 Å². The highest BCUT2D eigenvalue weighted by Gasteiger charge is 2.28. The van der Waals surface area contributed by atoms with Crippen molar-refractivity contribution in [3.63, 3.8) is 0 Å². The van der Waals surface area contributed by atoms with E-state index >= 15 is 0 Å². The fourth-order valence-electron chi connectivity index (χ4n) is 2.89. The number of furan rings is 1. The standard InChI is InChI=1S/C14H23NO4S/c1-2-13(11-6-4-3-5-7-11)15-20(17,18)14-9-8-12(10-16)19-14/h8-9,11,13,15-16H,2-7,10H2,1H3. The Morgan fingerprint density at radius 2 is 2.05 bits per heavy atom. The van der Waals surface area contributed by atoms with Crippen LogP contribution in [-0.2, 0) is 16.6 Å². The summed E-state index contributed by atoms with van der Waals surface area (Å²) < 4.78 is 32.5. The number of nitrogens with one attached hydrogen (secondary N) is 1. The van der Waals surface area contributed by atoms with Gasteiger partial charge in [-0.3, -0.25) is 0 Å². The molecule has 1 aromatic heterocycles. The number of aliphatic hydroxyl groups excluding tert-OH is 1. The first-order valence-electron chi connectivity index (χ1n) is 7.28. The summed E-state index contributed by atoms with van der Waals surface area (Å²) in [5.41, 5.74) is 0. The Kier molecular flexibility index (Phi) is 5.23. The van der Waals surface area contributed by atoms with Gasteiger partial charge in [0.2, 0.25) is 5.09 Å². The maximum atomic E-state index is 12.3. The third-order valence-electron chi connectivity index (χ3n) is 4.02. The SMILES string of the molecule is CCC(NS(=O)(=O)c1ccc(CO)o1)C1CCCCC1. The lowest BCUT2D eigenvalue weighted by molar-refractivity contribution is 0.235. The first-order chi connectivity index (χ1) is 9.56. The Morgan fingerprint density at radius 3 is 2.60 bits per heavy atom. The van der Waals surface area contributed by atoms with E-state index in [1.54, 1.807) is 0 Å². The molecule has 5 nitrogen and oxygen atoms in total. The lowest BCUT2D eigenvalue weighted by Gasteiger charge is -2.29. The fourth-order valence-corrected chi connectivity index (χ4v) is 4.23. The monoisotopic (exact) mass is 301 g/mol. The molecule has 0 aromatic carbocycles. The molecule has 0 saturated heterocycles. The van der Waals surface area contributed by atoms with Crippen LogP contribution in [-0.4, -0.2) is 19.6 Å². The van der Waals surface area contributed by atoms with E-state index in [0.717, 1.165) is 19.3 Å². The van der Waals surface area contributed by atoms with Crippen molar-refractivity contribution in [1.82, 2.24) is 4.72 Å². The third kappa shape index (κ3) is 3.62. The van der Waals surface area contributed by atoms with Crippen molar-refractivity contribution in [1.29, 1.82) is 0 Å². The molecule has 6 heteroatoms. The van der Waals surface area contributed by atoms with Crippen molar-refractivity contribution in [3.05, 3.63) is 17.9 Å². The van der Waals surface area contributed by atoms with Crippen LogP contribution in [0.5, 0.6) is 0 Å². The van der Waals surface area contributed by atoms with Crippen molar-refractivity contribution in [2.75, 3.05) is 0 Å². The molecule has 1 heterocycles. The molecule has 1 aromatic rings. The fraction of sp³-hybridized carbons (Fsp3) is 0.714. The zero-order valence-electron chi connectivity index (χ0n) is 11.8. The lowest BCUT2D eigenvalue weighted by atomic mass is 9.83. The average molecular weight is 301 g/mol. The summed E-state index contributed by atoms with van der Waals surface area (Å²) in [6.45, 7) is 1.71. The van der Waals surface area contributed by atoms with E-state index < -0.39 is 10.0 Å². The van der Waals surface area contributed by atoms with Crippen LogP contribution in [0.4, 0.5) is 0 Å². The topological polar surface area (TPSA) is 79.5 Å². The molecular formula is C14H23NO4S. The summed E-state index contributed by atoms with van der Waals surface area (Å²) in [6, 6.07) is 2.83. The maximum Gasteiger partial charge on any atom is 0.274 e. The minimum Gasteiger partial charge on any atom is -0.446 e. The van der Waals surface area contributed by atoms with Crippen LogP contribution in [0.2, 0.25) is 0 Å². The molecule has 1 aliphatic carbocycles. The molecule has 2 N–H and O–H groups in total. The van der Waals surface area contributed by atoms with Gasteiger partial charge in [-0.1, -0.05) is 26.2 Å². The van der Waals surface area contributed by atoms with Crippen molar-refractivity contribution in [2.24, 2.45) is 5.92 Å². The van der Waals surface area contributed by atoms with Crippen LogP contribution in [0.1, 0.15) is 51.2 Å². The number of hydrogen-bond donors (Lipinski definition) is 2. The van der Waals surface area contributed by atoms with Crippen molar-refractivity contribution < 1.29 is 17.9 Å². The molecule has 1 saturated carbocycles. The predicted molar refractivity (Wildman–Crippen MR) is 75.6 cm³/mol. The zero-order chi connectivity index (χ0) is 14.6. The molecule has 0 radical (unpaired) electrons. The van der Waals surface area contributed by atoms with Crippen LogP contribution in [0.25, 0.3) is 0 Å². The van der Waals surface area contributed by atoms with Crippen LogP contribution in [0.15, 0.2) is 21.6 Å². The van der Waals surface area contributed by atoms with Gasteiger partial charge in [0.05, 0.1) is 0 Å². The van der Waals surface area contributed by atoms with E-state index in [1.807, 2.05) is 6.92 Å². The van der Waals surface area contributed by atoms with E-state index in [4.69, 9.17) is 9.52 Å². The van der Waals surface area contributed by atoms with E-state index in [2.05, 4.69) is 4.72 Å². The molecule has 0 spiro atoms. The van der Waals surface area contributed by atoms with Gasteiger partial charge in [0.25, 0.3) is 10.0 Å². The quantitative estimate of drug-likeness (QED) is 0.845. The smallest absolute Gasteiger partial charge is 0.274 e. The molecule has 0 bridgehead atoms. The third-order valence-corrected chi connectivity index (χ3v) is 5.39. The molecule has 1 unspecified atom stereocenters. The normalized spacial score (nSPS) is 19.1. The highest BCUT2D eigenvalue weighted by atomic mass is 32.2. The predicted octanol–water partition coefficient (Wildman–Crippen LogP) is 2.41. The van der Waals surface area contributed by atoms with Gasteiger partial charge in [-0.25, -0.2) is 13.1 Å². The minimum atomic E-state index is -3.64. The molecule has 0 amide bonds. The summed E-state index contributed by atoms with van der Waals surface area (Å²) >= 11 is 0. The van der Waals surface area contributed by atoms with Gasteiger partial charge >= 0.3 is 0 Å². The Balaban J connectivity index is 2.08. The highest BCUT2D eigenvalue weighted by Crippen LogP contribution is 2.28. The highest BCUT2D eigenvalue weighted by molar-refractivity contribution is 7.89. The Hall–Kier alpha value is -0.850. The second kappa shape index (κ2) is 6.74. The van der Waals surface area contributed by atoms with Crippen LogP contribution in [0.3, 0.4) is 0 Å². The molecule has 1 fully saturated rings. The van der Waals surface area contributed by atoms with Crippen LogP contribution < -0.4 is 4.72 Å². The zero-order valence-corrected chi connectivity index (χ0v) is 12.7. The average Bonchev–Trinajstić information content (AvgIpc) is 2.95. The molecule has 2 rings (SSSR count). The molecule has 1 aliphatic rings. The van der Waals surface area contributed by atoms with Gasteiger partial charge in [-0.15, -0.1) is 0 Å². The first kappa shape index (κ1) is 15.5. The maximum absolute atomic E-state index is 12.3. The Bertz CT molecular complexity index is 517. The van der Waals surface area contributed by atoms with E-state index in [9.17, 15) is 8.42 Å². The Morgan fingerprint density at radius 1 is 1.35 bits per heavy atom. The van der Waals surface area contributed by atoms with Gasteiger partial charge in [0.1, 0.15) is 12.4 Å². The van der Waals surface area contributed by atoms with Crippen molar-refractivity contribution >= 4 is 10.0 Å². The van der Waals surface area contributed by atoms with Crippen LogP contribution in [0, 0.1) is 5.92 Å². The van der Waals surface area contributed by atoms with Gasteiger partial charge in [-0.2, -0.15) is 0 Å². The second-order valence-corrected chi connectivity index (χ2v) is 7.06. The summed E-state index contributed by atoms with van der Waals surface area (Å²) in [5, 5.41) is 8.82. The van der Waals surface area contributed by atoms with Crippen molar-refractivity contribution in [2.45, 2.75) is 63.2 Å². The number of hydrogen-bond acceptors (Lipinski definition) is 4. The summed E-state index contributed by atoms with van der Waals surface area (Å²) in [5.74, 6) is 0.673. The summed E-state index contributed by atoms with van der Waals surface area (Å²) in [6.07, 6.45) is 6.55. The van der Waals surface area contributed by atoms with Gasteiger partial charge < -0.3 is 9.52 Å². The van der Waals surface area contributed by atoms with E-state index in [0.29, 0.717) is 5.92 Å². The van der Waals surface area contributed by atoms with Gasteiger partial charge in [-0.05, 0) is 37.3 Å². The second-order valence-electron chi connectivity index (χ2n) is 5.41. The molecule has 114 valence electrons. The molecular weight excluding hydrogens is 278 g/mol.